The van der Waals surface area contributed by atoms with E-state index in [9.17, 15) is 5.11 Å². The molecule has 0 saturated heterocycles. The van der Waals surface area contributed by atoms with Crippen LogP contribution < -0.4 is 5.32 Å². The van der Waals surface area contributed by atoms with Gasteiger partial charge < -0.3 is 10.4 Å². The van der Waals surface area contributed by atoms with Crippen LogP contribution in [-0.4, -0.2) is 16.7 Å². The van der Waals surface area contributed by atoms with Crippen molar-refractivity contribution in [2.24, 2.45) is 0 Å². The predicted molar refractivity (Wildman–Crippen MR) is 86.6 cm³/mol. The van der Waals surface area contributed by atoms with E-state index in [0.717, 1.165) is 22.2 Å². The van der Waals surface area contributed by atoms with Crippen LogP contribution >= 0.6 is 11.6 Å². The average molecular weight is 299 g/mol. The molecule has 0 saturated carbocycles. The molecule has 1 unspecified atom stereocenters. The van der Waals surface area contributed by atoms with Gasteiger partial charge in [0, 0.05) is 22.3 Å². The second-order valence-electron chi connectivity index (χ2n) is 4.81. The number of rotatable bonds is 4. The van der Waals surface area contributed by atoms with Crippen LogP contribution in [0.5, 0.6) is 0 Å². The van der Waals surface area contributed by atoms with Gasteiger partial charge in [-0.3, -0.25) is 4.98 Å². The molecule has 21 heavy (non-hydrogen) atoms. The average Bonchev–Trinajstić information content (AvgIpc) is 2.53. The van der Waals surface area contributed by atoms with E-state index in [0.29, 0.717) is 5.02 Å². The van der Waals surface area contributed by atoms with Gasteiger partial charge in [0.1, 0.15) is 0 Å². The molecular formula is C17H15ClN2O. The van der Waals surface area contributed by atoms with Crippen molar-refractivity contribution < 1.29 is 5.11 Å². The molecule has 0 aliphatic carbocycles. The Morgan fingerprint density at radius 3 is 2.67 bits per heavy atom. The highest BCUT2D eigenvalue weighted by molar-refractivity contribution is 6.31. The minimum Gasteiger partial charge on any atom is -0.394 e. The van der Waals surface area contributed by atoms with E-state index in [4.69, 9.17) is 11.6 Å². The number of benzene rings is 2. The van der Waals surface area contributed by atoms with Crippen LogP contribution in [0.3, 0.4) is 0 Å². The van der Waals surface area contributed by atoms with Crippen molar-refractivity contribution in [2.75, 3.05) is 11.9 Å². The summed E-state index contributed by atoms with van der Waals surface area (Å²) in [6, 6.07) is 17.2. The lowest BCUT2D eigenvalue weighted by molar-refractivity contribution is 0.276. The van der Waals surface area contributed by atoms with Gasteiger partial charge in [-0.05, 0) is 29.8 Å². The highest BCUT2D eigenvalue weighted by atomic mass is 35.5. The number of aromatic nitrogens is 1. The summed E-state index contributed by atoms with van der Waals surface area (Å²) in [6.45, 7) is 0.0153. The zero-order chi connectivity index (χ0) is 14.7. The second-order valence-corrected chi connectivity index (χ2v) is 5.25. The van der Waals surface area contributed by atoms with Gasteiger partial charge in [-0.25, -0.2) is 0 Å². The van der Waals surface area contributed by atoms with Crippen LogP contribution in [0.4, 0.5) is 5.69 Å². The quantitative estimate of drug-likeness (QED) is 0.764. The summed E-state index contributed by atoms with van der Waals surface area (Å²) in [5.74, 6) is 0. The Balaban J connectivity index is 1.97. The third kappa shape index (κ3) is 2.99. The molecule has 1 atom stereocenters. The molecule has 0 spiro atoms. The maximum Gasteiger partial charge on any atom is 0.0745 e. The molecule has 106 valence electrons. The third-order valence-electron chi connectivity index (χ3n) is 3.42. The number of fused-ring (bicyclic) bond motifs is 1. The molecule has 2 aromatic carbocycles. The van der Waals surface area contributed by atoms with Crippen molar-refractivity contribution in [1.29, 1.82) is 0 Å². The van der Waals surface area contributed by atoms with Crippen LogP contribution in [0.15, 0.2) is 60.8 Å². The monoisotopic (exact) mass is 298 g/mol. The fraction of sp³-hybridized carbons (Fsp3) is 0.118. The number of anilines is 1. The summed E-state index contributed by atoms with van der Waals surface area (Å²) >= 11 is 6.00. The van der Waals surface area contributed by atoms with Gasteiger partial charge >= 0.3 is 0 Å². The van der Waals surface area contributed by atoms with E-state index in [1.54, 1.807) is 6.20 Å². The Labute approximate surface area is 128 Å². The molecule has 0 radical (unpaired) electrons. The largest absolute Gasteiger partial charge is 0.394 e. The number of aliphatic hydroxyl groups excluding tert-OH is 1. The Hall–Kier alpha value is -2.10. The van der Waals surface area contributed by atoms with Crippen molar-refractivity contribution in [3.8, 4) is 0 Å². The van der Waals surface area contributed by atoms with E-state index in [1.807, 2.05) is 54.6 Å². The van der Waals surface area contributed by atoms with Crippen LogP contribution in [0.2, 0.25) is 5.02 Å². The molecule has 3 rings (SSSR count). The van der Waals surface area contributed by atoms with Crippen LogP contribution in [0.1, 0.15) is 11.6 Å². The standard InChI is InChI=1S/C17H15ClN2O/c18-13-6-7-14-15(8-9-19-16(14)10-13)20-17(11-21)12-4-2-1-3-5-12/h1-10,17,21H,11H2,(H,19,20). The first-order valence-corrected chi connectivity index (χ1v) is 7.12. The summed E-state index contributed by atoms with van der Waals surface area (Å²) in [7, 11) is 0. The number of pyridine rings is 1. The summed E-state index contributed by atoms with van der Waals surface area (Å²) < 4.78 is 0. The Morgan fingerprint density at radius 2 is 1.90 bits per heavy atom. The maximum absolute atomic E-state index is 9.66. The molecular weight excluding hydrogens is 284 g/mol. The molecule has 0 amide bonds. The third-order valence-corrected chi connectivity index (χ3v) is 3.65. The first-order chi connectivity index (χ1) is 10.3. The van der Waals surface area contributed by atoms with E-state index < -0.39 is 0 Å². The fourth-order valence-corrected chi connectivity index (χ4v) is 2.52. The number of hydrogen-bond donors (Lipinski definition) is 2. The zero-order valence-electron chi connectivity index (χ0n) is 11.3. The van der Waals surface area contributed by atoms with Crippen molar-refractivity contribution in [3.63, 3.8) is 0 Å². The van der Waals surface area contributed by atoms with Crippen LogP contribution in [-0.2, 0) is 0 Å². The van der Waals surface area contributed by atoms with E-state index >= 15 is 0 Å². The number of nitrogens with one attached hydrogen (secondary N) is 1. The number of hydrogen-bond acceptors (Lipinski definition) is 3. The Bertz CT molecular complexity index is 746. The van der Waals surface area contributed by atoms with Gasteiger partial charge in [-0.15, -0.1) is 0 Å². The summed E-state index contributed by atoms with van der Waals surface area (Å²) in [6.07, 6.45) is 1.74. The molecule has 0 bridgehead atoms. The van der Waals surface area contributed by atoms with E-state index in [-0.39, 0.29) is 12.6 Å². The van der Waals surface area contributed by atoms with Crippen molar-refractivity contribution in [2.45, 2.75) is 6.04 Å². The highest BCUT2D eigenvalue weighted by Crippen LogP contribution is 2.27. The predicted octanol–water partition coefficient (Wildman–Crippen LogP) is 4.03. The number of nitrogens with zero attached hydrogens (tertiary/aromatic N) is 1. The summed E-state index contributed by atoms with van der Waals surface area (Å²) in [4.78, 5) is 4.32. The van der Waals surface area contributed by atoms with Gasteiger partial charge in [0.05, 0.1) is 18.2 Å². The smallest absolute Gasteiger partial charge is 0.0745 e. The van der Waals surface area contributed by atoms with E-state index in [2.05, 4.69) is 10.3 Å². The molecule has 3 aromatic rings. The number of halogens is 1. The lowest BCUT2D eigenvalue weighted by atomic mass is 10.1. The Kier molecular flexibility index (Phi) is 4.04. The minimum absolute atomic E-state index is 0.0153. The lowest BCUT2D eigenvalue weighted by Crippen LogP contribution is -2.15. The van der Waals surface area contributed by atoms with Gasteiger partial charge in [-0.2, -0.15) is 0 Å². The fourth-order valence-electron chi connectivity index (χ4n) is 2.35. The molecule has 1 aromatic heterocycles. The topological polar surface area (TPSA) is 45.1 Å². The van der Waals surface area contributed by atoms with Crippen molar-refractivity contribution in [3.05, 3.63) is 71.4 Å². The molecule has 0 aliphatic heterocycles. The van der Waals surface area contributed by atoms with Gasteiger partial charge in [0.15, 0.2) is 0 Å². The normalized spacial score (nSPS) is 12.3. The van der Waals surface area contributed by atoms with Gasteiger partial charge in [0.25, 0.3) is 0 Å². The minimum atomic E-state index is -0.160. The van der Waals surface area contributed by atoms with Gasteiger partial charge in [0.2, 0.25) is 0 Å². The SMILES string of the molecule is OCC(Nc1ccnc2cc(Cl)ccc12)c1ccccc1. The zero-order valence-corrected chi connectivity index (χ0v) is 12.1. The number of aliphatic hydroxyl groups is 1. The van der Waals surface area contributed by atoms with Gasteiger partial charge in [-0.1, -0.05) is 41.9 Å². The highest BCUT2D eigenvalue weighted by Gasteiger charge is 2.11. The van der Waals surface area contributed by atoms with Crippen molar-refractivity contribution in [1.82, 2.24) is 4.98 Å². The molecule has 0 aliphatic rings. The van der Waals surface area contributed by atoms with Crippen molar-refractivity contribution >= 4 is 28.2 Å². The van der Waals surface area contributed by atoms with Crippen LogP contribution in [0.25, 0.3) is 10.9 Å². The van der Waals surface area contributed by atoms with Crippen LogP contribution in [0, 0.1) is 0 Å². The summed E-state index contributed by atoms with van der Waals surface area (Å²) in [5, 5.41) is 14.7. The summed E-state index contributed by atoms with van der Waals surface area (Å²) in [5.41, 5.74) is 2.80. The molecule has 1 heterocycles. The Morgan fingerprint density at radius 1 is 1.10 bits per heavy atom. The first kappa shape index (κ1) is 13.9. The molecule has 3 nitrogen and oxygen atoms in total. The molecule has 4 heteroatoms. The molecule has 2 N–H and O–H groups in total. The lowest BCUT2D eigenvalue weighted by Gasteiger charge is -2.19. The molecule has 0 fully saturated rings. The maximum atomic E-state index is 9.66. The first-order valence-electron chi connectivity index (χ1n) is 6.74. The van der Waals surface area contributed by atoms with E-state index in [1.165, 1.54) is 0 Å². The second kappa shape index (κ2) is 6.12.